The largest absolute Gasteiger partial charge is 0.378 e. The maximum Gasteiger partial charge on any atom is 0.223 e. The molecule has 0 spiro atoms. The van der Waals surface area contributed by atoms with Gasteiger partial charge in [0.2, 0.25) is 5.95 Å². The number of hydrogen-bond acceptors (Lipinski definition) is 6. The van der Waals surface area contributed by atoms with Crippen molar-refractivity contribution >= 4 is 23.0 Å². The van der Waals surface area contributed by atoms with Gasteiger partial charge in [-0.3, -0.25) is 0 Å². The molecule has 0 saturated carbocycles. The number of unbranched alkanes of at least 4 members (excludes halogenated alkanes) is 2. The lowest BCUT2D eigenvalue weighted by molar-refractivity contribution is 0.822. The zero-order valence-electron chi connectivity index (χ0n) is 20.7. The number of pyridine rings is 1. The Kier molecular flexibility index (Phi) is 7.62. The third kappa shape index (κ3) is 5.14. The summed E-state index contributed by atoms with van der Waals surface area (Å²) in [5.74, 6) is 1.63. The van der Waals surface area contributed by atoms with Crippen LogP contribution < -0.4 is 15.5 Å². The summed E-state index contributed by atoms with van der Waals surface area (Å²) in [5, 5.41) is 12.0. The number of aromatic nitrogens is 4. The van der Waals surface area contributed by atoms with Gasteiger partial charge in [-0.15, -0.1) is 0 Å². The number of hydrogen-bond donors (Lipinski definition) is 2. The summed E-state index contributed by atoms with van der Waals surface area (Å²) in [6, 6.07) is 16.8. The molecule has 3 heterocycles. The third-order valence-corrected chi connectivity index (χ3v) is 5.88. The molecule has 0 aliphatic carbocycles. The average molecular weight is 458 g/mol. The van der Waals surface area contributed by atoms with Gasteiger partial charge in [-0.1, -0.05) is 44.9 Å². The molecule has 0 aliphatic heterocycles. The first-order chi connectivity index (χ1) is 16.6. The standard InChI is InChI=1S/C27H35N7/c1-5-7-17-28-24-11-9-10-23-25(22-16-19-30-27(31-22)29-18-8-6-2)26(32-34(23)24)20-12-14-21(15-13-20)33(3)4/h9-16,19,28H,5-8,17-18H2,1-4H3,(H,29,30,31). The van der Waals surface area contributed by atoms with Crippen molar-refractivity contribution in [1.82, 2.24) is 19.6 Å². The number of nitrogens with zero attached hydrogens (tertiary/aromatic N) is 5. The lowest BCUT2D eigenvalue weighted by Gasteiger charge is -2.12. The van der Waals surface area contributed by atoms with E-state index in [4.69, 9.17) is 10.1 Å². The highest BCUT2D eigenvalue weighted by Gasteiger charge is 2.19. The van der Waals surface area contributed by atoms with Gasteiger partial charge in [0.15, 0.2) is 0 Å². The van der Waals surface area contributed by atoms with Gasteiger partial charge in [0.25, 0.3) is 0 Å². The summed E-state index contributed by atoms with van der Waals surface area (Å²) in [6.45, 7) is 6.15. The highest BCUT2D eigenvalue weighted by Crippen LogP contribution is 2.36. The zero-order chi connectivity index (χ0) is 23.9. The molecule has 0 unspecified atom stereocenters. The van der Waals surface area contributed by atoms with Crippen LogP contribution in [0.1, 0.15) is 39.5 Å². The minimum atomic E-state index is 0.649. The van der Waals surface area contributed by atoms with E-state index in [-0.39, 0.29) is 0 Å². The lowest BCUT2D eigenvalue weighted by Crippen LogP contribution is -2.08. The van der Waals surface area contributed by atoms with Crippen LogP contribution >= 0.6 is 0 Å². The van der Waals surface area contributed by atoms with Crippen molar-refractivity contribution in [3.05, 3.63) is 54.7 Å². The first-order valence-electron chi connectivity index (χ1n) is 12.2. The molecule has 1 aromatic carbocycles. The monoisotopic (exact) mass is 457 g/mol. The quantitative estimate of drug-likeness (QED) is 0.271. The van der Waals surface area contributed by atoms with Crippen LogP contribution in [0.15, 0.2) is 54.7 Å². The summed E-state index contributed by atoms with van der Waals surface area (Å²) < 4.78 is 2.01. The van der Waals surface area contributed by atoms with E-state index >= 15 is 0 Å². The van der Waals surface area contributed by atoms with Gasteiger partial charge in [-0.05, 0) is 43.2 Å². The second kappa shape index (κ2) is 11.0. The smallest absolute Gasteiger partial charge is 0.223 e. The average Bonchev–Trinajstić information content (AvgIpc) is 3.25. The molecule has 7 heteroatoms. The minimum absolute atomic E-state index is 0.649. The van der Waals surface area contributed by atoms with Gasteiger partial charge in [0, 0.05) is 44.6 Å². The van der Waals surface area contributed by atoms with Gasteiger partial charge >= 0.3 is 0 Å². The van der Waals surface area contributed by atoms with Crippen LogP contribution in [0.25, 0.3) is 28.0 Å². The fourth-order valence-electron chi connectivity index (χ4n) is 3.93. The van der Waals surface area contributed by atoms with Crippen molar-refractivity contribution < 1.29 is 0 Å². The minimum Gasteiger partial charge on any atom is -0.378 e. The highest BCUT2D eigenvalue weighted by molar-refractivity contribution is 5.92. The summed E-state index contributed by atoms with van der Waals surface area (Å²) in [5.41, 5.74) is 6.02. The molecule has 3 aromatic heterocycles. The second-order valence-electron chi connectivity index (χ2n) is 8.70. The molecule has 0 radical (unpaired) electrons. The molecule has 0 atom stereocenters. The molecular formula is C27H35N7. The summed E-state index contributed by atoms with van der Waals surface area (Å²) >= 11 is 0. The van der Waals surface area contributed by atoms with E-state index in [1.54, 1.807) is 0 Å². The first-order valence-corrected chi connectivity index (χ1v) is 12.2. The van der Waals surface area contributed by atoms with Gasteiger partial charge in [0.05, 0.1) is 16.8 Å². The lowest BCUT2D eigenvalue weighted by atomic mass is 10.0. The van der Waals surface area contributed by atoms with E-state index in [0.29, 0.717) is 5.95 Å². The Morgan fingerprint density at radius 1 is 0.882 bits per heavy atom. The number of fused-ring (bicyclic) bond motifs is 1. The Hall–Kier alpha value is -3.61. The van der Waals surface area contributed by atoms with Gasteiger partial charge in [0.1, 0.15) is 11.5 Å². The topological polar surface area (TPSA) is 70.4 Å². The Morgan fingerprint density at radius 3 is 2.32 bits per heavy atom. The number of anilines is 3. The Labute approximate surface area is 202 Å². The van der Waals surface area contributed by atoms with Crippen molar-refractivity contribution in [2.45, 2.75) is 39.5 Å². The first kappa shape index (κ1) is 23.5. The predicted octanol–water partition coefficient (Wildman–Crippen LogP) is 5.95. The third-order valence-electron chi connectivity index (χ3n) is 5.88. The fraction of sp³-hybridized carbons (Fsp3) is 0.370. The van der Waals surface area contributed by atoms with Gasteiger partial charge in [-0.2, -0.15) is 5.10 Å². The molecule has 0 aliphatic rings. The molecule has 0 amide bonds. The Balaban J connectivity index is 1.84. The van der Waals surface area contributed by atoms with Crippen molar-refractivity contribution in [1.29, 1.82) is 0 Å². The van der Waals surface area contributed by atoms with E-state index in [2.05, 4.69) is 76.8 Å². The maximum atomic E-state index is 5.08. The fourth-order valence-corrected chi connectivity index (χ4v) is 3.93. The summed E-state index contributed by atoms with van der Waals surface area (Å²) in [6.07, 6.45) is 6.29. The van der Waals surface area contributed by atoms with E-state index in [0.717, 1.165) is 78.3 Å². The molecule has 0 saturated heterocycles. The van der Waals surface area contributed by atoms with E-state index in [1.165, 1.54) is 0 Å². The van der Waals surface area contributed by atoms with Gasteiger partial charge in [-0.25, -0.2) is 14.5 Å². The van der Waals surface area contributed by atoms with Crippen molar-refractivity contribution in [2.75, 3.05) is 42.7 Å². The van der Waals surface area contributed by atoms with Crippen LogP contribution in [-0.2, 0) is 0 Å². The number of rotatable bonds is 11. The molecule has 0 bridgehead atoms. The van der Waals surface area contributed by atoms with Crippen LogP contribution in [-0.4, -0.2) is 46.8 Å². The van der Waals surface area contributed by atoms with E-state index in [1.807, 2.05) is 30.9 Å². The normalized spacial score (nSPS) is 11.1. The predicted molar refractivity (Wildman–Crippen MR) is 143 cm³/mol. The van der Waals surface area contributed by atoms with Crippen LogP contribution in [0.2, 0.25) is 0 Å². The van der Waals surface area contributed by atoms with E-state index < -0.39 is 0 Å². The van der Waals surface area contributed by atoms with Crippen molar-refractivity contribution in [3.8, 4) is 22.5 Å². The molecule has 4 rings (SSSR count). The molecule has 0 fully saturated rings. The molecule has 2 N–H and O–H groups in total. The molecule has 178 valence electrons. The highest BCUT2D eigenvalue weighted by atomic mass is 15.3. The number of benzene rings is 1. The van der Waals surface area contributed by atoms with Crippen molar-refractivity contribution in [2.24, 2.45) is 0 Å². The Morgan fingerprint density at radius 2 is 1.62 bits per heavy atom. The zero-order valence-corrected chi connectivity index (χ0v) is 20.7. The molecule has 7 nitrogen and oxygen atoms in total. The maximum absolute atomic E-state index is 5.08. The SMILES string of the molecule is CCCCNc1nccc(-c2c(-c3ccc(N(C)C)cc3)nn3c(NCCCC)cccc23)n1. The summed E-state index contributed by atoms with van der Waals surface area (Å²) in [7, 11) is 4.10. The van der Waals surface area contributed by atoms with Crippen LogP contribution in [0.4, 0.5) is 17.5 Å². The van der Waals surface area contributed by atoms with Crippen LogP contribution in [0.5, 0.6) is 0 Å². The molecular weight excluding hydrogens is 422 g/mol. The Bertz CT molecular complexity index is 1210. The van der Waals surface area contributed by atoms with E-state index in [9.17, 15) is 0 Å². The van der Waals surface area contributed by atoms with Gasteiger partial charge < -0.3 is 15.5 Å². The van der Waals surface area contributed by atoms with Crippen LogP contribution in [0.3, 0.4) is 0 Å². The van der Waals surface area contributed by atoms with Crippen molar-refractivity contribution in [3.63, 3.8) is 0 Å². The molecule has 4 aromatic rings. The summed E-state index contributed by atoms with van der Waals surface area (Å²) in [4.78, 5) is 11.4. The number of nitrogens with one attached hydrogen (secondary N) is 2. The van der Waals surface area contributed by atoms with Crippen LogP contribution in [0, 0.1) is 0 Å². The second-order valence-corrected chi connectivity index (χ2v) is 8.70. The molecule has 34 heavy (non-hydrogen) atoms.